The van der Waals surface area contributed by atoms with E-state index in [1.807, 2.05) is 36.4 Å². The Labute approximate surface area is 140 Å². The number of carbonyl (C=O) groups excluding carboxylic acids is 1. The Kier molecular flexibility index (Phi) is 4.44. The molecule has 0 saturated carbocycles. The van der Waals surface area contributed by atoms with Crippen molar-refractivity contribution in [1.82, 2.24) is 15.2 Å². The van der Waals surface area contributed by atoms with E-state index in [1.54, 1.807) is 26.2 Å². The number of Topliss-reactive ketones (excluding diaryl/α,β-unsaturated/α-hetero) is 1. The second-order valence-corrected chi connectivity index (χ2v) is 6.67. The Morgan fingerprint density at radius 1 is 1.25 bits per heavy atom. The van der Waals surface area contributed by atoms with Crippen LogP contribution < -0.4 is 0 Å². The molecule has 0 saturated heterocycles. The molecule has 3 rings (SSSR count). The summed E-state index contributed by atoms with van der Waals surface area (Å²) in [5, 5.41) is 18.2. The summed E-state index contributed by atoms with van der Waals surface area (Å²) in [6, 6.07) is 11.5. The first-order chi connectivity index (χ1) is 11.4. The maximum atomic E-state index is 12.5. The van der Waals surface area contributed by atoms with Gasteiger partial charge in [-0.1, -0.05) is 30.3 Å². The normalized spacial score (nSPS) is 13.1. The molecule has 2 N–H and O–H groups in total. The standard InChI is InChI=1S/C19H21N3O2/c1-19(2,24)17(13-6-4-3-5-7-13)10-16(23)9-15-8-14-11-21-22-18(14)12-20-15/h3-8,11-12,17,24H,9-10H2,1-2H3,(H,21,22)/t17-/m0/s1. The van der Waals surface area contributed by atoms with Crippen molar-refractivity contribution in [2.24, 2.45) is 0 Å². The molecule has 3 aromatic rings. The van der Waals surface area contributed by atoms with Crippen molar-refractivity contribution in [3.05, 3.63) is 60.0 Å². The van der Waals surface area contributed by atoms with Gasteiger partial charge in [-0.05, 0) is 25.5 Å². The molecular formula is C19H21N3O2. The monoisotopic (exact) mass is 323 g/mol. The van der Waals surface area contributed by atoms with Gasteiger partial charge in [0, 0.05) is 29.8 Å². The van der Waals surface area contributed by atoms with Crippen LogP contribution in [0.5, 0.6) is 0 Å². The van der Waals surface area contributed by atoms with Gasteiger partial charge in [-0.25, -0.2) is 0 Å². The van der Waals surface area contributed by atoms with E-state index in [0.29, 0.717) is 0 Å². The van der Waals surface area contributed by atoms with Crippen molar-refractivity contribution in [3.8, 4) is 0 Å². The minimum absolute atomic E-state index is 0.0568. The largest absolute Gasteiger partial charge is 0.390 e. The zero-order valence-electron chi connectivity index (χ0n) is 13.9. The number of nitrogens with one attached hydrogen (secondary N) is 1. The number of hydrogen-bond donors (Lipinski definition) is 2. The molecule has 0 aliphatic carbocycles. The highest BCUT2D eigenvalue weighted by molar-refractivity contribution is 5.83. The van der Waals surface area contributed by atoms with Gasteiger partial charge >= 0.3 is 0 Å². The third-order valence-electron chi connectivity index (χ3n) is 4.25. The third kappa shape index (κ3) is 3.68. The van der Waals surface area contributed by atoms with Crippen LogP contribution in [0.25, 0.3) is 10.9 Å². The predicted octanol–water partition coefficient (Wildman–Crippen LogP) is 3.01. The minimum Gasteiger partial charge on any atom is -0.390 e. The second kappa shape index (κ2) is 6.53. The molecule has 1 aromatic carbocycles. The molecule has 0 aliphatic rings. The van der Waals surface area contributed by atoms with E-state index in [4.69, 9.17) is 0 Å². The van der Waals surface area contributed by atoms with Gasteiger partial charge in [0.1, 0.15) is 5.78 Å². The van der Waals surface area contributed by atoms with Gasteiger partial charge in [0.2, 0.25) is 0 Å². The zero-order valence-corrected chi connectivity index (χ0v) is 13.9. The average Bonchev–Trinajstić information content (AvgIpc) is 3.00. The lowest BCUT2D eigenvalue weighted by atomic mass is 9.80. The molecule has 0 aliphatic heterocycles. The van der Waals surface area contributed by atoms with Crippen LogP contribution in [0.3, 0.4) is 0 Å². The fourth-order valence-corrected chi connectivity index (χ4v) is 2.95. The van der Waals surface area contributed by atoms with E-state index in [0.717, 1.165) is 22.2 Å². The molecule has 5 nitrogen and oxygen atoms in total. The smallest absolute Gasteiger partial charge is 0.139 e. The van der Waals surface area contributed by atoms with Gasteiger partial charge < -0.3 is 5.11 Å². The molecule has 0 unspecified atom stereocenters. The number of hydrogen-bond acceptors (Lipinski definition) is 4. The third-order valence-corrected chi connectivity index (χ3v) is 4.25. The van der Waals surface area contributed by atoms with Crippen LogP contribution in [0.2, 0.25) is 0 Å². The summed E-state index contributed by atoms with van der Waals surface area (Å²) in [6.07, 6.45) is 3.93. The maximum absolute atomic E-state index is 12.5. The number of aliphatic hydroxyl groups is 1. The van der Waals surface area contributed by atoms with Crippen molar-refractivity contribution in [2.75, 3.05) is 0 Å². The zero-order chi connectivity index (χ0) is 17.2. The number of carbonyl (C=O) groups is 1. The first kappa shape index (κ1) is 16.3. The number of ketones is 1. The van der Waals surface area contributed by atoms with Gasteiger partial charge in [-0.2, -0.15) is 5.10 Å². The van der Waals surface area contributed by atoms with E-state index in [9.17, 15) is 9.90 Å². The summed E-state index contributed by atoms with van der Waals surface area (Å²) in [6.45, 7) is 3.49. The van der Waals surface area contributed by atoms with Crippen LogP contribution in [0.15, 0.2) is 48.8 Å². The molecule has 5 heteroatoms. The number of fused-ring (bicyclic) bond motifs is 1. The lowest BCUT2D eigenvalue weighted by Gasteiger charge is -2.29. The summed E-state index contributed by atoms with van der Waals surface area (Å²) in [7, 11) is 0. The predicted molar refractivity (Wildman–Crippen MR) is 92.7 cm³/mol. The quantitative estimate of drug-likeness (QED) is 0.731. The van der Waals surface area contributed by atoms with E-state index >= 15 is 0 Å². The number of H-pyrrole nitrogens is 1. The molecule has 2 heterocycles. The molecule has 124 valence electrons. The van der Waals surface area contributed by atoms with Crippen molar-refractivity contribution in [2.45, 2.75) is 38.2 Å². The van der Waals surface area contributed by atoms with Crippen molar-refractivity contribution in [1.29, 1.82) is 0 Å². The topological polar surface area (TPSA) is 78.9 Å². The van der Waals surface area contributed by atoms with E-state index in [1.165, 1.54) is 0 Å². The van der Waals surface area contributed by atoms with Crippen LogP contribution in [0, 0.1) is 0 Å². The Hall–Kier alpha value is -2.53. The van der Waals surface area contributed by atoms with Crippen LogP contribution in [-0.4, -0.2) is 31.7 Å². The molecule has 24 heavy (non-hydrogen) atoms. The molecule has 0 spiro atoms. The molecule has 0 radical (unpaired) electrons. The fourth-order valence-electron chi connectivity index (χ4n) is 2.95. The number of aromatic amines is 1. The van der Waals surface area contributed by atoms with Gasteiger partial charge in [-0.15, -0.1) is 0 Å². The second-order valence-electron chi connectivity index (χ2n) is 6.67. The summed E-state index contributed by atoms with van der Waals surface area (Å²) < 4.78 is 0. The first-order valence-corrected chi connectivity index (χ1v) is 8.00. The molecule has 0 amide bonds. The van der Waals surface area contributed by atoms with Crippen LogP contribution in [0.1, 0.15) is 37.4 Å². The highest BCUT2D eigenvalue weighted by atomic mass is 16.3. The van der Waals surface area contributed by atoms with Crippen molar-refractivity contribution < 1.29 is 9.90 Å². The maximum Gasteiger partial charge on any atom is 0.139 e. The van der Waals surface area contributed by atoms with Crippen molar-refractivity contribution in [3.63, 3.8) is 0 Å². The summed E-state index contributed by atoms with van der Waals surface area (Å²) >= 11 is 0. The number of aromatic nitrogens is 3. The fraction of sp³-hybridized carbons (Fsp3) is 0.316. The SMILES string of the molecule is CC(C)(O)[C@@H](CC(=O)Cc1cc2cn[nH]c2cn1)c1ccccc1. The first-order valence-electron chi connectivity index (χ1n) is 8.00. The molecule has 1 atom stereocenters. The lowest BCUT2D eigenvalue weighted by molar-refractivity contribution is -0.120. The lowest BCUT2D eigenvalue weighted by Crippen LogP contribution is -2.31. The highest BCUT2D eigenvalue weighted by Crippen LogP contribution is 2.31. The Morgan fingerprint density at radius 2 is 2.00 bits per heavy atom. The number of nitrogens with zero attached hydrogens (tertiary/aromatic N) is 2. The van der Waals surface area contributed by atoms with E-state index in [2.05, 4.69) is 15.2 Å². The molecule has 0 bridgehead atoms. The van der Waals surface area contributed by atoms with E-state index < -0.39 is 5.60 Å². The number of pyridine rings is 1. The summed E-state index contributed by atoms with van der Waals surface area (Å²) in [4.78, 5) is 16.8. The number of rotatable bonds is 6. The summed E-state index contributed by atoms with van der Waals surface area (Å²) in [5.74, 6) is -0.190. The van der Waals surface area contributed by atoms with Crippen molar-refractivity contribution >= 4 is 16.7 Å². The molecular weight excluding hydrogens is 302 g/mol. The van der Waals surface area contributed by atoms with Gasteiger partial charge in [-0.3, -0.25) is 14.9 Å². The van der Waals surface area contributed by atoms with Gasteiger partial charge in [0.25, 0.3) is 0 Å². The Bertz CT molecular complexity index is 834. The number of benzene rings is 1. The Morgan fingerprint density at radius 3 is 2.71 bits per heavy atom. The average molecular weight is 323 g/mol. The van der Waals surface area contributed by atoms with E-state index in [-0.39, 0.29) is 24.5 Å². The van der Waals surface area contributed by atoms with Crippen LogP contribution in [-0.2, 0) is 11.2 Å². The Balaban J connectivity index is 1.76. The highest BCUT2D eigenvalue weighted by Gasteiger charge is 2.30. The summed E-state index contributed by atoms with van der Waals surface area (Å²) in [5.41, 5.74) is 1.57. The molecule has 0 fully saturated rings. The van der Waals surface area contributed by atoms with Crippen LogP contribution >= 0.6 is 0 Å². The van der Waals surface area contributed by atoms with Gasteiger partial charge in [0.15, 0.2) is 0 Å². The van der Waals surface area contributed by atoms with Crippen LogP contribution in [0.4, 0.5) is 0 Å². The molecule has 2 aromatic heterocycles. The van der Waals surface area contributed by atoms with Gasteiger partial charge in [0.05, 0.1) is 23.5 Å². The minimum atomic E-state index is -0.973.